The summed E-state index contributed by atoms with van der Waals surface area (Å²) in [5.74, 6) is -3.06. The molecule has 4 N–H and O–H groups in total. The fourth-order valence-corrected chi connectivity index (χ4v) is 4.89. The first-order valence-corrected chi connectivity index (χ1v) is 12.8. The molecule has 0 heterocycles. The summed E-state index contributed by atoms with van der Waals surface area (Å²) in [6, 6.07) is 14.5. The molecule has 0 aromatic heterocycles. The van der Waals surface area contributed by atoms with Crippen LogP contribution in [0.3, 0.4) is 0 Å². The minimum Gasteiger partial charge on any atom is -0.481 e. The van der Waals surface area contributed by atoms with Gasteiger partial charge in [-0.25, -0.2) is 9.79 Å². The van der Waals surface area contributed by atoms with Gasteiger partial charge in [-0.1, -0.05) is 49.7 Å². The molecule has 0 saturated heterocycles. The summed E-state index contributed by atoms with van der Waals surface area (Å²) in [6.45, 7) is 1.67. The minimum absolute atomic E-state index is 0.0994. The number of nitrogens with one attached hydrogen (secondary N) is 3. The number of benzene rings is 2. The molecule has 1 aliphatic carbocycles. The number of aliphatic imine (C=N–C) groups is 1. The summed E-state index contributed by atoms with van der Waals surface area (Å²) >= 11 is 1.39. The Morgan fingerprint density at radius 3 is 2.38 bits per heavy atom. The van der Waals surface area contributed by atoms with E-state index in [2.05, 4.69) is 25.7 Å². The Balaban J connectivity index is 1.94. The van der Waals surface area contributed by atoms with Gasteiger partial charge in [0.15, 0.2) is 0 Å². The average Bonchev–Trinajstić information content (AvgIpc) is 2.90. The summed E-state index contributed by atoms with van der Waals surface area (Å²) in [4.78, 5) is 54.4. The second kappa shape index (κ2) is 13.4. The van der Waals surface area contributed by atoms with Crippen LogP contribution in [0.25, 0.3) is 0 Å². The van der Waals surface area contributed by atoms with Gasteiger partial charge in [0.05, 0.1) is 30.3 Å². The van der Waals surface area contributed by atoms with Crippen LogP contribution in [-0.2, 0) is 19.1 Å². The second-order valence-electron chi connectivity index (χ2n) is 8.40. The minimum atomic E-state index is -0.955. The Labute approximate surface area is 219 Å². The van der Waals surface area contributed by atoms with Crippen LogP contribution < -0.4 is 16.0 Å². The number of ether oxygens (including phenoxy) is 1. The lowest BCUT2D eigenvalue weighted by atomic mass is 9.78. The van der Waals surface area contributed by atoms with Gasteiger partial charge >= 0.3 is 12.1 Å². The van der Waals surface area contributed by atoms with E-state index in [0.717, 1.165) is 17.7 Å². The van der Waals surface area contributed by atoms with Crippen molar-refractivity contribution in [2.75, 3.05) is 12.4 Å². The Kier molecular flexibility index (Phi) is 10.1. The summed E-state index contributed by atoms with van der Waals surface area (Å²) in [5.41, 5.74) is 0.910. The van der Waals surface area contributed by atoms with E-state index in [0.29, 0.717) is 29.1 Å². The van der Waals surface area contributed by atoms with E-state index in [1.54, 1.807) is 25.1 Å². The molecule has 1 aliphatic rings. The zero-order valence-electron chi connectivity index (χ0n) is 20.7. The molecule has 0 spiro atoms. The van der Waals surface area contributed by atoms with E-state index in [1.165, 1.54) is 18.9 Å². The normalized spacial score (nSPS) is 17.4. The number of hydrogen-bond donors (Lipinski definition) is 4. The summed E-state index contributed by atoms with van der Waals surface area (Å²) < 4.78 is 4.61. The third-order valence-corrected chi connectivity index (χ3v) is 6.91. The zero-order valence-corrected chi connectivity index (χ0v) is 21.5. The standard InChI is InChI=1S/C26H30N4O6S/c1-3-22(31)29-25(30-26(35)36-2)27-16-13-14-20(21(15-16)37-17-9-5-4-6-10-17)28-23(32)18-11-7-8-12-19(18)24(33)34/h4-6,9-10,13-15,18-19H,3,7-8,11-12H2,1-2H3,(H,28,32)(H,33,34)(H2,27,29,30,31,35). The van der Waals surface area contributed by atoms with Gasteiger partial charge in [0.25, 0.3) is 0 Å². The largest absolute Gasteiger partial charge is 0.481 e. The van der Waals surface area contributed by atoms with E-state index < -0.39 is 23.9 Å². The maximum absolute atomic E-state index is 13.1. The predicted molar refractivity (Wildman–Crippen MR) is 140 cm³/mol. The number of guanidine groups is 1. The van der Waals surface area contributed by atoms with Crippen LogP contribution in [0.2, 0.25) is 0 Å². The average molecular weight is 527 g/mol. The number of carbonyl (C=O) groups excluding carboxylic acids is 3. The fourth-order valence-electron chi connectivity index (χ4n) is 3.93. The Hall–Kier alpha value is -3.86. The first-order chi connectivity index (χ1) is 17.8. The lowest BCUT2D eigenvalue weighted by Gasteiger charge is -2.27. The number of carbonyl (C=O) groups is 4. The predicted octanol–water partition coefficient (Wildman–Crippen LogP) is 4.54. The van der Waals surface area contributed by atoms with E-state index in [-0.39, 0.29) is 24.2 Å². The third-order valence-electron chi connectivity index (χ3n) is 5.84. The zero-order chi connectivity index (χ0) is 26.8. The van der Waals surface area contributed by atoms with Gasteiger partial charge in [-0.3, -0.25) is 25.0 Å². The highest BCUT2D eigenvalue weighted by molar-refractivity contribution is 7.99. The van der Waals surface area contributed by atoms with Crippen LogP contribution in [-0.4, -0.2) is 42.1 Å². The van der Waals surface area contributed by atoms with Crippen molar-refractivity contribution in [2.24, 2.45) is 16.8 Å². The summed E-state index contributed by atoms with van der Waals surface area (Å²) in [7, 11) is 1.20. The van der Waals surface area contributed by atoms with E-state index in [1.807, 2.05) is 30.3 Å². The van der Waals surface area contributed by atoms with E-state index in [4.69, 9.17) is 0 Å². The third kappa shape index (κ3) is 8.07. The Morgan fingerprint density at radius 1 is 1.03 bits per heavy atom. The molecule has 0 radical (unpaired) electrons. The van der Waals surface area contributed by atoms with Crippen molar-refractivity contribution in [1.29, 1.82) is 0 Å². The molecule has 1 fully saturated rings. The van der Waals surface area contributed by atoms with Crippen molar-refractivity contribution in [3.63, 3.8) is 0 Å². The SMILES string of the molecule is CCC(=O)NC(=Nc1ccc(NC(=O)C2CCCCC2C(=O)O)c(Sc2ccccc2)c1)NC(=O)OC. The number of amides is 3. The second-order valence-corrected chi connectivity index (χ2v) is 9.51. The van der Waals surface area contributed by atoms with Gasteiger partial charge in [-0.15, -0.1) is 0 Å². The number of methoxy groups -OCH3 is 1. The molecule has 1 saturated carbocycles. The highest BCUT2D eigenvalue weighted by atomic mass is 32.2. The van der Waals surface area contributed by atoms with Crippen molar-refractivity contribution in [3.05, 3.63) is 48.5 Å². The topological polar surface area (TPSA) is 146 Å². The van der Waals surface area contributed by atoms with Gasteiger partial charge in [0, 0.05) is 16.2 Å². The summed E-state index contributed by atoms with van der Waals surface area (Å²) in [5, 5.41) is 17.4. The van der Waals surface area contributed by atoms with Crippen LogP contribution in [0, 0.1) is 11.8 Å². The number of hydrogen-bond acceptors (Lipinski definition) is 7. The van der Waals surface area contributed by atoms with Crippen molar-refractivity contribution >= 4 is 53.0 Å². The van der Waals surface area contributed by atoms with Crippen LogP contribution in [0.5, 0.6) is 0 Å². The van der Waals surface area contributed by atoms with E-state index >= 15 is 0 Å². The Morgan fingerprint density at radius 2 is 1.73 bits per heavy atom. The smallest absolute Gasteiger partial charge is 0.413 e. The van der Waals surface area contributed by atoms with Gasteiger partial charge in [-0.05, 0) is 43.2 Å². The number of carboxylic acids is 1. The Bertz CT molecular complexity index is 1150. The molecule has 0 aliphatic heterocycles. The molecule has 3 rings (SSSR count). The fraction of sp³-hybridized carbons (Fsp3) is 0.346. The molecule has 2 aromatic carbocycles. The molecule has 37 heavy (non-hydrogen) atoms. The molecule has 2 atom stereocenters. The number of nitrogens with zero attached hydrogens (tertiary/aromatic N) is 1. The quantitative estimate of drug-likeness (QED) is 0.306. The van der Waals surface area contributed by atoms with Crippen LogP contribution in [0.15, 0.2) is 63.3 Å². The first-order valence-electron chi connectivity index (χ1n) is 11.9. The maximum atomic E-state index is 13.1. The van der Waals surface area contributed by atoms with Crippen LogP contribution in [0.1, 0.15) is 39.0 Å². The first kappa shape index (κ1) is 27.7. The van der Waals surface area contributed by atoms with Gasteiger partial charge < -0.3 is 15.2 Å². The van der Waals surface area contributed by atoms with E-state index in [9.17, 15) is 24.3 Å². The lowest BCUT2D eigenvalue weighted by molar-refractivity contribution is -0.147. The lowest BCUT2D eigenvalue weighted by Crippen LogP contribution is -2.43. The van der Waals surface area contributed by atoms with Gasteiger partial charge in [0.2, 0.25) is 17.8 Å². The summed E-state index contributed by atoms with van der Waals surface area (Å²) in [6.07, 6.45) is 1.98. The number of carboxylic acid groups (broad SMARTS) is 1. The molecule has 196 valence electrons. The monoisotopic (exact) mass is 526 g/mol. The van der Waals surface area contributed by atoms with Crippen molar-refractivity contribution in [2.45, 2.75) is 48.8 Å². The molecule has 0 bridgehead atoms. The number of aliphatic carboxylic acids is 1. The number of alkyl carbamates (subject to hydrolysis) is 1. The molecular weight excluding hydrogens is 496 g/mol. The molecule has 2 aromatic rings. The van der Waals surface area contributed by atoms with Crippen molar-refractivity contribution in [3.8, 4) is 0 Å². The van der Waals surface area contributed by atoms with Gasteiger partial charge in [0.1, 0.15) is 0 Å². The highest BCUT2D eigenvalue weighted by Crippen LogP contribution is 2.37. The van der Waals surface area contributed by atoms with Gasteiger partial charge in [-0.2, -0.15) is 0 Å². The van der Waals surface area contributed by atoms with Crippen LogP contribution >= 0.6 is 11.8 Å². The number of rotatable bonds is 7. The van der Waals surface area contributed by atoms with Crippen molar-refractivity contribution < 1.29 is 29.0 Å². The molecule has 2 unspecified atom stereocenters. The molecule has 10 nitrogen and oxygen atoms in total. The molecule has 3 amide bonds. The maximum Gasteiger partial charge on any atom is 0.413 e. The van der Waals surface area contributed by atoms with Crippen LogP contribution in [0.4, 0.5) is 16.2 Å². The van der Waals surface area contributed by atoms with Crippen molar-refractivity contribution in [1.82, 2.24) is 10.6 Å². The molecular formula is C26H30N4O6S. The molecule has 11 heteroatoms. The number of anilines is 1. The highest BCUT2D eigenvalue weighted by Gasteiger charge is 2.36.